The lowest BCUT2D eigenvalue weighted by Crippen LogP contribution is -2.36. The van der Waals surface area contributed by atoms with E-state index < -0.39 is 0 Å². The van der Waals surface area contributed by atoms with Gasteiger partial charge in [0.2, 0.25) is 0 Å². The number of ether oxygens (including phenoxy) is 1. The monoisotopic (exact) mass is 320 g/mol. The van der Waals surface area contributed by atoms with Crippen molar-refractivity contribution in [3.8, 4) is 0 Å². The van der Waals surface area contributed by atoms with Gasteiger partial charge in [-0.15, -0.1) is 11.3 Å². The number of thiophene rings is 1. The molecular formula is C18H28N2OS. The fourth-order valence-corrected chi connectivity index (χ4v) is 5.03. The predicted molar refractivity (Wildman–Crippen MR) is 91.5 cm³/mol. The van der Waals surface area contributed by atoms with Gasteiger partial charge in [-0.1, -0.05) is 12.8 Å². The van der Waals surface area contributed by atoms with Crippen molar-refractivity contribution in [3.63, 3.8) is 0 Å². The normalized spacial score (nSPS) is 30.0. The van der Waals surface area contributed by atoms with Gasteiger partial charge in [0.25, 0.3) is 0 Å². The Morgan fingerprint density at radius 2 is 1.91 bits per heavy atom. The molecule has 3 nitrogen and oxygen atoms in total. The first-order valence-corrected chi connectivity index (χ1v) is 9.91. The second-order valence-electron chi connectivity index (χ2n) is 7.22. The van der Waals surface area contributed by atoms with Gasteiger partial charge in [-0.2, -0.15) is 0 Å². The summed E-state index contributed by atoms with van der Waals surface area (Å²) < 4.78 is 5.44. The van der Waals surface area contributed by atoms with Crippen LogP contribution in [0.15, 0.2) is 11.4 Å². The lowest BCUT2D eigenvalue weighted by molar-refractivity contribution is 0.0774. The Morgan fingerprint density at radius 1 is 1.09 bits per heavy atom. The quantitative estimate of drug-likeness (QED) is 0.843. The van der Waals surface area contributed by atoms with E-state index in [1.807, 2.05) is 11.3 Å². The first kappa shape index (κ1) is 15.1. The molecule has 0 spiro atoms. The molecule has 2 aliphatic carbocycles. The highest BCUT2D eigenvalue weighted by atomic mass is 32.1. The molecule has 0 aromatic carbocycles. The van der Waals surface area contributed by atoms with Gasteiger partial charge in [0, 0.05) is 48.7 Å². The van der Waals surface area contributed by atoms with Crippen molar-refractivity contribution >= 4 is 11.3 Å². The van der Waals surface area contributed by atoms with Gasteiger partial charge >= 0.3 is 0 Å². The Morgan fingerprint density at radius 3 is 2.73 bits per heavy atom. The van der Waals surface area contributed by atoms with E-state index in [2.05, 4.69) is 22.1 Å². The molecule has 122 valence electrons. The van der Waals surface area contributed by atoms with Crippen LogP contribution in [0.4, 0.5) is 0 Å². The minimum atomic E-state index is 0.687. The minimum Gasteiger partial charge on any atom is -0.381 e. The lowest BCUT2D eigenvalue weighted by atomic mass is 10.1. The van der Waals surface area contributed by atoms with Crippen molar-refractivity contribution in [1.29, 1.82) is 0 Å². The molecule has 2 saturated carbocycles. The highest BCUT2D eigenvalue weighted by molar-refractivity contribution is 7.10. The van der Waals surface area contributed by atoms with Crippen LogP contribution in [0.2, 0.25) is 0 Å². The van der Waals surface area contributed by atoms with Crippen LogP contribution in [0.3, 0.4) is 0 Å². The molecule has 1 aromatic heterocycles. The standard InChI is InChI=1S/C18H28N2OS/c1-2-4-14(3-1)19-11-13-9-18(22-12-13)16-10-17(16)20-15-5-7-21-8-6-15/h9,12,14-17,19-20H,1-8,10-11H2. The Bertz CT molecular complexity index is 477. The average Bonchev–Trinajstić information content (AvgIpc) is 2.96. The largest absolute Gasteiger partial charge is 0.381 e. The van der Waals surface area contributed by atoms with Crippen molar-refractivity contribution in [1.82, 2.24) is 10.6 Å². The molecule has 2 N–H and O–H groups in total. The highest BCUT2D eigenvalue weighted by Gasteiger charge is 2.40. The summed E-state index contributed by atoms with van der Waals surface area (Å²) in [6, 6.07) is 4.62. The second kappa shape index (κ2) is 7.00. The third kappa shape index (κ3) is 3.73. The van der Waals surface area contributed by atoms with Crippen molar-refractivity contribution < 1.29 is 4.74 Å². The lowest BCUT2D eigenvalue weighted by Gasteiger charge is -2.23. The van der Waals surface area contributed by atoms with Crippen LogP contribution in [0.25, 0.3) is 0 Å². The van der Waals surface area contributed by atoms with E-state index >= 15 is 0 Å². The summed E-state index contributed by atoms with van der Waals surface area (Å²) >= 11 is 1.96. The van der Waals surface area contributed by atoms with E-state index in [1.165, 1.54) is 50.5 Å². The summed E-state index contributed by atoms with van der Waals surface area (Å²) in [5, 5.41) is 9.93. The Kier molecular flexibility index (Phi) is 4.81. The summed E-state index contributed by atoms with van der Waals surface area (Å²) in [7, 11) is 0. The maximum Gasteiger partial charge on any atom is 0.0480 e. The van der Waals surface area contributed by atoms with Crippen LogP contribution in [0.1, 0.15) is 61.3 Å². The average molecular weight is 321 g/mol. The third-order valence-corrected chi connectivity index (χ3v) is 6.56. The molecule has 3 aliphatic rings. The molecule has 2 unspecified atom stereocenters. The third-order valence-electron chi connectivity index (χ3n) is 5.45. The van der Waals surface area contributed by atoms with Gasteiger partial charge in [0.1, 0.15) is 0 Å². The highest BCUT2D eigenvalue weighted by Crippen LogP contribution is 2.44. The molecule has 4 rings (SSSR count). The van der Waals surface area contributed by atoms with Crippen LogP contribution in [0.5, 0.6) is 0 Å². The SMILES string of the molecule is c1sc(C2CC2NC2CCOCC2)cc1CNC1CCCC1. The summed E-state index contributed by atoms with van der Waals surface area (Å²) in [5.74, 6) is 0.771. The van der Waals surface area contributed by atoms with E-state index in [1.54, 1.807) is 4.88 Å². The zero-order valence-electron chi connectivity index (χ0n) is 13.4. The van der Waals surface area contributed by atoms with E-state index in [4.69, 9.17) is 4.74 Å². The van der Waals surface area contributed by atoms with Crippen molar-refractivity contribution in [2.24, 2.45) is 0 Å². The summed E-state index contributed by atoms with van der Waals surface area (Å²) in [5.41, 5.74) is 1.49. The molecule has 22 heavy (non-hydrogen) atoms. The topological polar surface area (TPSA) is 33.3 Å². The maximum absolute atomic E-state index is 5.44. The van der Waals surface area contributed by atoms with Crippen molar-refractivity contribution in [2.45, 2.75) is 75.5 Å². The van der Waals surface area contributed by atoms with E-state index in [0.717, 1.165) is 37.8 Å². The molecular weight excluding hydrogens is 292 g/mol. The first-order valence-electron chi connectivity index (χ1n) is 9.03. The fourth-order valence-electron chi connectivity index (χ4n) is 3.93. The first-order chi connectivity index (χ1) is 10.9. The summed E-state index contributed by atoms with van der Waals surface area (Å²) in [6.45, 7) is 2.93. The Balaban J connectivity index is 1.23. The molecule has 1 aromatic rings. The second-order valence-corrected chi connectivity index (χ2v) is 8.16. The maximum atomic E-state index is 5.44. The molecule has 0 bridgehead atoms. The Hall–Kier alpha value is -0.420. The summed E-state index contributed by atoms with van der Waals surface area (Å²) in [6.07, 6.45) is 9.26. The number of rotatable bonds is 6. The zero-order valence-corrected chi connectivity index (χ0v) is 14.2. The van der Waals surface area contributed by atoms with Gasteiger partial charge in [-0.3, -0.25) is 0 Å². The van der Waals surface area contributed by atoms with Crippen molar-refractivity contribution in [3.05, 3.63) is 21.9 Å². The van der Waals surface area contributed by atoms with Gasteiger partial charge in [-0.25, -0.2) is 0 Å². The molecule has 0 amide bonds. The molecule has 0 radical (unpaired) electrons. The molecule has 1 saturated heterocycles. The number of hydrogen-bond donors (Lipinski definition) is 2. The van der Waals surface area contributed by atoms with Gasteiger partial charge in [-0.05, 0) is 49.1 Å². The number of hydrogen-bond acceptors (Lipinski definition) is 4. The van der Waals surface area contributed by atoms with Crippen LogP contribution in [-0.2, 0) is 11.3 Å². The van der Waals surface area contributed by atoms with Crippen LogP contribution < -0.4 is 10.6 Å². The van der Waals surface area contributed by atoms with E-state index in [-0.39, 0.29) is 0 Å². The number of nitrogens with one attached hydrogen (secondary N) is 2. The summed E-state index contributed by atoms with van der Waals surface area (Å²) in [4.78, 5) is 1.59. The minimum absolute atomic E-state index is 0.687. The smallest absolute Gasteiger partial charge is 0.0480 e. The predicted octanol–water partition coefficient (Wildman–Crippen LogP) is 3.40. The van der Waals surface area contributed by atoms with Crippen LogP contribution in [-0.4, -0.2) is 31.3 Å². The molecule has 3 fully saturated rings. The molecule has 4 heteroatoms. The molecule has 2 heterocycles. The van der Waals surface area contributed by atoms with E-state index in [9.17, 15) is 0 Å². The molecule has 1 aliphatic heterocycles. The Labute approximate surface area is 137 Å². The van der Waals surface area contributed by atoms with Crippen LogP contribution in [0, 0.1) is 0 Å². The fraction of sp³-hybridized carbons (Fsp3) is 0.778. The zero-order chi connectivity index (χ0) is 14.8. The van der Waals surface area contributed by atoms with E-state index in [0.29, 0.717) is 6.04 Å². The van der Waals surface area contributed by atoms with Crippen molar-refractivity contribution in [2.75, 3.05) is 13.2 Å². The van der Waals surface area contributed by atoms with Crippen LogP contribution >= 0.6 is 11.3 Å². The van der Waals surface area contributed by atoms with Gasteiger partial charge in [0.05, 0.1) is 0 Å². The van der Waals surface area contributed by atoms with Gasteiger partial charge < -0.3 is 15.4 Å². The molecule has 2 atom stereocenters. The van der Waals surface area contributed by atoms with Gasteiger partial charge in [0.15, 0.2) is 0 Å².